The highest BCUT2D eigenvalue weighted by atomic mass is 19.1. The number of halogens is 1. The highest BCUT2D eigenvalue weighted by Crippen LogP contribution is 2.26. The van der Waals surface area contributed by atoms with Crippen LogP contribution in [0.1, 0.15) is 30.1 Å². The second-order valence-electron chi connectivity index (χ2n) is 6.36. The zero-order chi connectivity index (χ0) is 20.1. The summed E-state index contributed by atoms with van der Waals surface area (Å²) >= 11 is 0. The van der Waals surface area contributed by atoms with Gasteiger partial charge in [-0.3, -0.25) is 9.59 Å². The molecule has 1 aliphatic rings. The molecule has 1 fully saturated rings. The Morgan fingerprint density at radius 2 is 1.86 bits per heavy atom. The van der Waals surface area contributed by atoms with Crippen molar-refractivity contribution in [1.82, 2.24) is 0 Å². The van der Waals surface area contributed by atoms with Crippen LogP contribution in [-0.2, 0) is 14.3 Å². The van der Waals surface area contributed by atoms with Crippen LogP contribution in [0.4, 0.5) is 15.8 Å². The Hall–Kier alpha value is -3.22. The van der Waals surface area contributed by atoms with Crippen molar-refractivity contribution in [2.75, 3.05) is 29.5 Å². The maximum absolute atomic E-state index is 13.1. The smallest absolute Gasteiger partial charge is 0.340 e. The topological polar surface area (TPSA) is 66.9 Å². The van der Waals surface area contributed by atoms with Crippen LogP contribution in [0.25, 0.3) is 0 Å². The SMILES string of the molecule is CCN(C(=O)COC(=O)c1ccccc1N1CCCC1=O)c1ccc(F)cc1. The van der Waals surface area contributed by atoms with Crippen molar-refractivity contribution < 1.29 is 23.5 Å². The minimum atomic E-state index is -0.668. The molecule has 0 atom stereocenters. The Labute approximate surface area is 162 Å². The molecule has 1 saturated heterocycles. The minimum absolute atomic E-state index is 0.0372. The van der Waals surface area contributed by atoms with E-state index in [9.17, 15) is 18.8 Å². The van der Waals surface area contributed by atoms with E-state index in [0.29, 0.717) is 30.9 Å². The van der Waals surface area contributed by atoms with Gasteiger partial charge in [0.25, 0.3) is 5.91 Å². The fraction of sp³-hybridized carbons (Fsp3) is 0.286. The van der Waals surface area contributed by atoms with Crippen LogP contribution in [-0.4, -0.2) is 37.5 Å². The molecule has 1 aliphatic heterocycles. The number of carbonyl (C=O) groups excluding carboxylic acids is 3. The number of hydrogen-bond donors (Lipinski definition) is 0. The summed E-state index contributed by atoms with van der Waals surface area (Å²) in [5, 5.41) is 0. The lowest BCUT2D eigenvalue weighted by atomic mass is 10.1. The van der Waals surface area contributed by atoms with Gasteiger partial charge in [0.15, 0.2) is 6.61 Å². The standard InChI is InChI=1S/C21H21FN2O4/c1-2-23(16-11-9-15(22)10-12-16)20(26)14-28-21(27)17-6-3-4-7-18(17)24-13-5-8-19(24)25/h3-4,6-7,9-12H,2,5,8,13-14H2,1H3. The van der Waals surface area contributed by atoms with Gasteiger partial charge in [-0.2, -0.15) is 0 Å². The third kappa shape index (κ3) is 4.19. The normalized spacial score (nSPS) is 13.5. The second-order valence-corrected chi connectivity index (χ2v) is 6.36. The number of benzene rings is 2. The zero-order valence-corrected chi connectivity index (χ0v) is 15.6. The summed E-state index contributed by atoms with van der Waals surface area (Å²) in [6.07, 6.45) is 1.19. The molecule has 0 radical (unpaired) electrons. The molecule has 1 heterocycles. The highest BCUT2D eigenvalue weighted by molar-refractivity contribution is 6.04. The zero-order valence-electron chi connectivity index (χ0n) is 15.6. The van der Waals surface area contributed by atoms with Crippen LogP contribution < -0.4 is 9.80 Å². The molecule has 0 aromatic heterocycles. The lowest BCUT2D eigenvalue weighted by Gasteiger charge is -2.22. The Kier molecular flexibility index (Phi) is 6.03. The fourth-order valence-electron chi connectivity index (χ4n) is 3.19. The summed E-state index contributed by atoms with van der Waals surface area (Å²) in [5.41, 5.74) is 1.26. The van der Waals surface area contributed by atoms with E-state index in [0.717, 1.165) is 6.42 Å². The fourth-order valence-corrected chi connectivity index (χ4v) is 3.19. The van der Waals surface area contributed by atoms with Crippen molar-refractivity contribution in [2.24, 2.45) is 0 Å². The summed E-state index contributed by atoms with van der Waals surface area (Å²) < 4.78 is 18.3. The molecule has 2 aromatic carbocycles. The minimum Gasteiger partial charge on any atom is -0.452 e. The average Bonchev–Trinajstić information content (AvgIpc) is 3.14. The molecule has 2 aromatic rings. The van der Waals surface area contributed by atoms with E-state index in [1.807, 2.05) is 0 Å². The number of carbonyl (C=O) groups is 3. The van der Waals surface area contributed by atoms with Gasteiger partial charge >= 0.3 is 5.97 Å². The van der Waals surface area contributed by atoms with E-state index in [-0.39, 0.29) is 11.5 Å². The average molecular weight is 384 g/mol. The van der Waals surface area contributed by atoms with Crippen molar-refractivity contribution in [3.63, 3.8) is 0 Å². The molecule has 0 bridgehead atoms. The molecule has 0 spiro atoms. The first-order valence-corrected chi connectivity index (χ1v) is 9.13. The van der Waals surface area contributed by atoms with Crippen LogP contribution in [0, 0.1) is 5.82 Å². The molecular formula is C21H21FN2O4. The van der Waals surface area contributed by atoms with Gasteiger partial charge in [0.1, 0.15) is 5.82 Å². The number of rotatable bonds is 6. The maximum Gasteiger partial charge on any atom is 0.340 e. The van der Waals surface area contributed by atoms with E-state index in [1.165, 1.54) is 29.2 Å². The van der Waals surface area contributed by atoms with Crippen molar-refractivity contribution in [2.45, 2.75) is 19.8 Å². The van der Waals surface area contributed by atoms with Crippen molar-refractivity contribution >= 4 is 29.2 Å². The molecule has 7 heteroatoms. The van der Waals surface area contributed by atoms with E-state index in [2.05, 4.69) is 0 Å². The van der Waals surface area contributed by atoms with Crippen LogP contribution in [0.3, 0.4) is 0 Å². The van der Waals surface area contributed by atoms with Crippen LogP contribution in [0.15, 0.2) is 48.5 Å². The number of amides is 2. The number of anilines is 2. The Morgan fingerprint density at radius 3 is 2.50 bits per heavy atom. The van der Waals surface area contributed by atoms with E-state index in [4.69, 9.17) is 4.74 Å². The van der Waals surface area contributed by atoms with E-state index < -0.39 is 24.3 Å². The largest absolute Gasteiger partial charge is 0.452 e. The molecule has 146 valence electrons. The van der Waals surface area contributed by atoms with Gasteiger partial charge in [0.2, 0.25) is 5.91 Å². The van der Waals surface area contributed by atoms with Crippen molar-refractivity contribution in [3.05, 3.63) is 59.9 Å². The summed E-state index contributed by atoms with van der Waals surface area (Å²) in [5.74, 6) is -1.52. The summed E-state index contributed by atoms with van der Waals surface area (Å²) in [7, 11) is 0. The van der Waals surface area contributed by atoms with Crippen molar-refractivity contribution in [1.29, 1.82) is 0 Å². The predicted octanol–water partition coefficient (Wildman–Crippen LogP) is 3.16. The Morgan fingerprint density at radius 1 is 1.14 bits per heavy atom. The first-order valence-electron chi connectivity index (χ1n) is 9.13. The molecule has 0 aliphatic carbocycles. The summed E-state index contributed by atoms with van der Waals surface area (Å²) in [6.45, 7) is 2.22. The molecule has 6 nitrogen and oxygen atoms in total. The molecular weight excluding hydrogens is 363 g/mol. The van der Waals surface area contributed by atoms with Crippen molar-refractivity contribution in [3.8, 4) is 0 Å². The van der Waals surface area contributed by atoms with Gasteiger partial charge in [0, 0.05) is 25.2 Å². The van der Waals surface area contributed by atoms with Gasteiger partial charge in [-0.1, -0.05) is 12.1 Å². The second kappa shape index (κ2) is 8.65. The molecule has 2 amide bonds. The van der Waals surface area contributed by atoms with Gasteiger partial charge < -0.3 is 14.5 Å². The van der Waals surface area contributed by atoms with Crippen LogP contribution >= 0.6 is 0 Å². The quantitative estimate of drug-likeness (QED) is 0.718. The Balaban J connectivity index is 1.69. The molecule has 0 unspecified atom stereocenters. The third-order valence-corrected chi connectivity index (χ3v) is 4.57. The predicted molar refractivity (Wildman–Crippen MR) is 103 cm³/mol. The number of likely N-dealkylation sites (N-methyl/N-ethyl adjacent to an activating group) is 1. The highest BCUT2D eigenvalue weighted by Gasteiger charge is 2.26. The molecule has 3 rings (SSSR count). The number of esters is 1. The molecule has 28 heavy (non-hydrogen) atoms. The maximum atomic E-state index is 13.1. The first kappa shape index (κ1) is 19.5. The number of para-hydroxylation sites is 1. The molecule has 0 saturated carbocycles. The number of ether oxygens (including phenoxy) is 1. The molecule has 0 N–H and O–H groups in total. The monoisotopic (exact) mass is 384 g/mol. The van der Waals surface area contributed by atoms with Gasteiger partial charge in [-0.05, 0) is 49.7 Å². The lowest BCUT2D eigenvalue weighted by Crippen LogP contribution is -2.34. The summed E-state index contributed by atoms with van der Waals surface area (Å²) in [4.78, 5) is 40.0. The van der Waals surface area contributed by atoms with Gasteiger partial charge in [-0.25, -0.2) is 9.18 Å². The number of nitrogens with zero attached hydrogens (tertiary/aromatic N) is 2. The van der Waals surface area contributed by atoms with Gasteiger partial charge in [-0.15, -0.1) is 0 Å². The first-order chi connectivity index (χ1) is 13.5. The number of hydrogen-bond acceptors (Lipinski definition) is 4. The van der Waals surface area contributed by atoms with Crippen LogP contribution in [0.2, 0.25) is 0 Å². The summed E-state index contributed by atoms with van der Waals surface area (Å²) in [6, 6.07) is 12.2. The Bertz CT molecular complexity index is 882. The van der Waals surface area contributed by atoms with Gasteiger partial charge in [0.05, 0.1) is 11.3 Å². The van der Waals surface area contributed by atoms with E-state index in [1.54, 1.807) is 36.1 Å². The third-order valence-electron chi connectivity index (χ3n) is 4.57. The lowest BCUT2D eigenvalue weighted by molar-refractivity contribution is -0.121. The van der Waals surface area contributed by atoms with Crippen LogP contribution in [0.5, 0.6) is 0 Å². The van der Waals surface area contributed by atoms with E-state index >= 15 is 0 Å².